The van der Waals surface area contributed by atoms with Crippen LogP contribution in [0.2, 0.25) is 0 Å². The average molecular weight is 430 g/mol. The predicted octanol–water partition coefficient (Wildman–Crippen LogP) is -2.85. The van der Waals surface area contributed by atoms with Gasteiger partial charge in [-0.15, -0.1) is 0 Å². The Balaban J connectivity index is 1.71. The van der Waals surface area contributed by atoms with Gasteiger partial charge in [-0.25, -0.2) is 4.79 Å². The number of benzene rings is 1. The Bertz CT molecular complexity index is 686. The maximum atomic E-state index is 12.4. The minimum atomic E-state index is -1.67. The van der Waals surface area contributed by atoms with Crippen LogP contribution in [-0.2, 0) is 18.9 Å². The molecule has 2 aliphatic rings. The first-order valence-corrected chi connectivity index (χ1v) is 9.50. The van der Waals surface area contributed by atoms with Crippen LogP contribution in [0, 0.1) is 0 Å². The van der Waals surface area contributed by atoms with Crippen LogP contribution < -0.4 is 0 Å². The summed E-state index contributed by atoms with van der Waals surface area (Å²) in [6.45, 7) is -1.40. The van der Waals surface area contributed by atoms with Crippen molar-refractivity contribution in [3.05, 3.63) is 35.9 Å². The van der Waals surface area contributed by atoms with Crippen LogP contribution in [0.25, 0.3) is 0 Å². The minimum absolute atomic E-state index is 0.190. The number of carbonyl (C=O) groups excluding carboxylic acids is 1. The summed E-state index contributed by atoms with van der Waals surface area (Å²) in [5.74, 6) is -0.807. The summed E-state index contributed by atoms with van der Waals surface area (Å²) in [4.78, 5) is 12.4. The highest BCUT2D eigenvalue weighted by Gasteiger charge is 2.49. The summed E-state index contributed by atoms with van der Waals surface area (Å²) in [5, 5.41) is 59.8. The first-order chi connectivity index (χ1) is 14.4. The Kier molecular flexibility index (Phi) is 7.74. The highest BCUT2D eigenvalue weighted by molar-refractivity contribution is 5.89. The van der Waals surface area contributed by atoms with Crippen LogP contribution in [0.15, 0.2) is 30.3 Å². The van der Waals surface area contributed by atoms with Crippen molar-refractivity contribution in [2.45, 2.75) is 55.1 Å². The fraction of sp³-hybridized carbons (Fsp3) is 0.632. The lowest BCUT2D eigenvalue weighted by Crippen LogP contribution is -2.63. The summed E-state index contributed by atoms with van der Waals surface area (Å²) in [6.07, 6.45) is -12.5. The van der Waals surface area contributed by atoms with E-state index in [0.29, 0.717) is 0 Å². The van der Waals surface area contributed by atoms with Crippen molar-refractivity contribution in [2.24, 2.45) is 0 Å². The van der Waals surface area contributed by atoms with Gasteiger partial charge in [0.25, 0.3) is 0 Å². The van der Waals surface area contributed by atoms with Crippen LogP contribution in [0.5, 0.6) is 0 Å². The van der Waals surface area contributed by atoms with Crippen molar-refractivity contribution in [3.63, 3.8) is 0 Å². The van der Waals surface area contributed by atoms with Crippen molar-refractivity contribution in [1.29, 1.82) is 0 Å². The molecular weight excluding hydrogens is 404 g/mol. The summed E-state index contributed by atoms with van der Waals surface area (Å²) in [5.41, 5.74) is 0.190. The quantitative estimate of drug-likeness (QED) is 0.256. The molecule has 0 bridgehead atoms. The maximum Gasteiger partial charge on any atom is 0.338 e. The molecule has 1 aromatic carbocycles. The Morgan fingerprint density at radius 2 is 1.60 bits per heavy atom. The molecule has 2 heterocycles. The minimum Gasteiger partial charge on any atom is -0.453 e. The van der Waals surface area contributed by atoms with E-state index in [9.17, 15) is 30.3 Å². The molecule has 2 aliphatic heterocycles. The van der Waals surface area contributed by atoms with Gasteiger partial charge in [0.15, 0.2) is 12.4 Å². The summed E-state index contributed by atoms with van der Waals surface area (Å²) < 4.78 is 21.3. The molecule has 0 radical (unpaired) electrons. The molecule has 2 saturated heterocycles. The number of carbonyl (C=O) groups is 1. The van der Waals surface area contributed by atoms with Crippen LogP contribution in [0.1, 0.15) is 10.4 Å². The topological polar surface area (TPSA) is 175 Å². The SMILES string of the molecule is O=C(O[C@H]1[C@H](O)[C@H](O[C@H]2CO[C@H](CO)[C@@H](O)[C@@H]2O)O[C@@H](CO)[C@H]1O)c1ccccc1. The van der Waals surface area contributed by atoms with Gasteiger partial charge in [-0.2, -0.15) is 0 Å². The zero-order valence-corrected chi connectivity index (χ0v) is 15.9. The van der Waals surface area contributed by atoms with E-state index in [2.05, 4.69) is 0 Å². The van der Waals surface area contributed by atoms with Gasteiger partial charge in [-0.05, 0) is 12.1 Å². The zero-order valence-electron chi connectivity index (χ0n) is 15.9. The van der Waals surface area contributed by atoms with E-state index in [1.165, 1.54) is 12.1 Å². The molecule has 11 nitrogen and oxygen atoms in total. The second kappa shape index (κ2) is 10.1. The molecule has 11 heteroatoms. The molecular formula is C19H26O11. The van der Waals surface area contributed by atoms with Gasteiger partial charge in [0.2, 0.25) is 0 Å². The molecule has 0 unspecified atom stereocenters. The van der Waals surface area contributed by atoms with Gasteiger partial charge >= 0.3 is 5.97 Å². The fourth-order valence-electron chi connectivity index (χ4n) is 3.38. The first kappa shape index (κ1) is 23.0. The average Bonchev–Trinajstić information content (AvgIpc) is 2.76. The zero-order chi connectivity index (χ0) is 21.8. The maximum absolute atomic E-state index is 12.4. The van der Waals surface area contributed by atoms with Crippen LogP contribution in [0.4, 0.5) is 0 Å². The second-order valence-corrected chi connectivity index (χ2v) is 7.15. The lowest BCUT2D eigenvalue weighted by molar-refractivity contribution is -0.331. The van der Waals surface area contributed by atoms with Crippen LogP contribution in [-0.4, -0.2) is 112 Å². The molecule has 0 aliphatic carbocycles. The van der Waals surface area contributed by atoms with E-state index in [0.717, 1.165) is 0 Å². The molecule has 0 spiro atoms. The summed E-state index contributed by atoms with van der Waals surface area (Å²) >= 11 is 0. The fourth-order valence-corrected chi connectivity index (χ4v) is 3.38. The van der Waals surface area contributed by atoms with Crippen molar-refractivity contribution >= 4 is 5.97 Å². The largest absolute Gasteiger partial charge is 0.453 e. The number of ether oxygens (including phenoxy) is 4. The molecule has 0 amide bonds. The molecule has 0 aromatic heterocycles. The molecule has 0 saturated carbocycles. The number of hydrogen-bond donors (Lipinski definition) is 6. The van der Waals surface area contributed by atoms with Crippen LogP contribution in [0.3, 0.4) is 0 Å². The molecule has 2 fully saturated rings. The van der Waals surface area contributed by atoms with Crippen molar-refractivity contribution < 1.29 is 54.4 Å². The second-order valence-electron chi connectivity index (χ2n) is 7.15. The third kappa shape index (κ3) is 4.80. The van der Waals surface area contributed by atoms with Crippen molar-refractivity contribution in [1.82, 2.24) is 0 Å². The normalized spacial score (nSPS) is 39.5. The number of aliphatic hydroxyl groups is 6. The van der Waals surface area contributed by atoms with Crippen molar-refractivity contribution in [3.8, 4) is 0 Å². The summed E-state index contributed by atoms with van der Waals surface area (Å²) in [6, 6.07) is 7.92. The Labute approximate surface area is 172 Å². The smallest absolute Gasteiger partial charge is 0.338 e. The van der Waals surface area contributed by atoms with Gasteiger partial charge in [-0.1, -0.05) is 18.2 Å². The number of rotatable bonds is 6. The van der Waals surface area contributed by atoms with Gasteiger partial charge < -0.3 is 49.6 Å². The third-order valence-electron chi connectivity index (χ3n) is 5.15. The van der Waals surface area contributed by atoms with Gasteiger partial charge in [0.1, 0.15) is 42.7 Å². The molecule has 9 atom stereocenters. The Morgan fingerprint density at radius 1 is 0.933 bits per heavy atom. The molecule has 168 valence electrons. The highest BCUT2D eigenvalue weighted by Crippen LogP contribution is 2.28. The number of aliphatic hydroxyl groups excluding tert-OH is 6. The number of hydrogen-bond acceptors (Lipinski definition) is 11. The lowest BCUT2D eigenvalue weighted by Gasteiger charge is -2.44. The van der Waals surface area contributed by atoms with Gasteiger partial charge in [0.05, 0.1) is 25.4 Å². The Morgan fingerprint density at radius 3 is 2.23 bits per heavy atom. The monoisotopic (exact) mass is 430 g/mol. The van der Waals surface area contributed by atoms with Crippen LogP contribution >= 0.6 is 0 Å². The Hall–Kier alpha value is -1.67. The van der Waals surface area contributed by atoms with E-state index in [1.807, 2.05) is 0 Å². The lowest BCUT2D eigenvalue weighted by atomic mass is 9.97. The van der Waals surface area contributed by atoms with E-state index in [4.69, 9.17) is 24.1 Å². The molecule has 30 heavy (non-hydrogen) atoms. The third-order valence-corrected chi connectivity index (χ3v) is 5.15. The van der Waals surface area contributed by atoms with Gasteiger partial charge in [0, 0.05) is 0 Å². The standard InChI is InChI=1S/C19H26O11/c20-6-10-13(22)14(23)12(8-27-10)29-19-16(25)17(15(24)11(7-21)28-19)30-18(26)9-4-2-1-3-5-9/h1-5,10-17,19-25H,6-8H2/t10-,11+,12+,13-,14-,15-,16+,17-,19+/m1/s1. The molecule has 1 aromatic rings. The van der Waals surface area contributed by atoms with E-state index in [1.54, 1.807) is 18.2 Å². The number of esters is 1. The highest BCUT2D eigenvalue weighted by atomic mass is 16.7. The van der Waals surface area contributed by atoms with E-state index < -0.39 is 74.3 Å². The molecule has 6 N–H and O–H groups in total. The summed E-state index contributed by atoms with van der Waals surface area (Å²) in [7, 11) is 0. The predicted molar refractivity (Wildman–Crippen MR) is 97.1 cm³/mol. The first-order valence-electron chi connectivity index (χ1n) is 9.50. The molecule has 3 rings (SSSR count). The van der Waals surface area contributed by atoms with E-state index >= 15 is 0 Å². The van der Waals surface area contributed by atoms with Crippen molar-refractivity contribution in [2.75, 3.05) is 19.8 Å². The van der Waals surface area contributed by atoms with Gasteiger partial charge in [-0.3, -0.25) is 0 Å². The van der Waals surface area contributed by atoms with E-state index in [-0.39, 0.29) is 12.2 Å².